The zero-order chi connectivity index (χ0) is 22.5. The number of piperidine rings is 1. The van der Waals surface area contributed by atoms with Gasteiger partial charge in [0.2, 0.25) is 5.91 Å². The van der Waals surface area contributed by atoms with Gasteiger partial charge in [-0.15, -0.1) is 0 Å². The molecule has 4 unspecified atom stereocenters. The molecule has 1 saturated carbocycles. The third-order valence-electron chi connectivity index (χ3n) is 6.31. The standard InChI is InChI=1S/C21H41N7O3/c1-2-8-24-14-20(29)25-9-3-10-31-21(30)18-12-17-11-15(4-6-16(17)13-26-18)5-7-19(22)27-28-23/h15-18,24,26,28H,2-14,23H2,1H3,(H2,22,27)(H,25,29). The van der Waals surface area contributed by atoms with Crippen LogP contribution in [0.25, 0.3) is 0 Å². The Balaban J connectivity index is 1.62. The number of amidine groups is 1. The number of nitrogens with two attached hydrogens (primary N) is 2. The highest BCUT2D eigenvalue weighted by molar-refractivity contribution is 5.80. The van der Waals surface area contributed by atoms with E-state index in [-0.39, 0.29) is 17.9 Å². The Bertz CT molecular complexity index is 587. The van der Waals surface area contributed by atoms with Crippen molar-refractivity contribution in [3.8, 4) is 0 Å². The number of hydrogen-bond donors (Lipinski definition) is 6. The van der Waals surface area contributed by atoms with Gasteiger partial charge in [0.15, 0.2) is 0 Å². The van der Waals surface area contributed by atoms with Crippen LogP contribution < -0.4 is 33.1 Å². The van der Waals surface area contributed by atoms with Gasteiger partial charge < -0.3 is 26.4 Å². The number of nitrogens with zero attached hydrogens (tertiary/aromatic N) is 1. The Morgan fingerprint density at radius 2 is 2.03 bits per heavy atom. The lowest BCUT2D eigenvalue weighted by Gasteiger charge is -2.42. The minimum absolute atomic E-state index is 0.0288. The van der Waals surface area contributed by atoms with E-state index in [0.717, 1.165) is 45.2 Å². The molecule has 8 N–H and O–H groups in total. The van der Waals surface area contributed by atoms with Crippen LogP contribution in [0.5, 0.6) is 0 Å². The average Bonchev–Trinajstić information content (AvgIpc) is 2.77. The molecule has 1 aliphatic carbocycles. The lowest BCUT2D eigenvalue weighted by atomic mass is 9.69. The van der Waals surface area contributed by atoms with Gasteiger partial charge >= 0.3 is 5.97 Å². The number of hydrazone groups is 1. The molecule has 10 nitrogen and oxygen atoms in total. The van der Waals surface area contributed by atoms with Gasteiger partial charge in [0.1, 0.15) is 11.9 Å². The van der Waals surface area contributed by atoms with Crippen LogP contribution in [0.4, 0.5) is 0 Å². The maximum Gasteiger partial charge on any atom is 0.323 e. The summed E-state index contributed by atoms with van der Waals surface area (Å²) in [6, 6.07) is -0.235. The lowest BCUT2D eigenvalue weighted by molar-refractivity contribution is -0.148. The van der Waals surface area contributed by atoms with Gasteiger partial charge in [0, 0.05) is 13.0 Å². The summed E-state index contributed by atoms with van der Waals surface area (Å²) in [5.74, 6) is 7.27. The van der Waals surface area contributed by atoms with E-state index < -0.39 is 0 Å². The van der Waals surface area contributed by atoms with Crippen molar-refractivity contribution in [1.29, 1.82) is 0 Å². The smallest absolute Gasteiger partial charge is 0.323 e. The first kappa shape index (κ1) is 25.4. The molecule has 0 aromatic heterocycles. The second kappa shape index (κ2) is 14.2. The third-order valence-corrected chi connectivity index (χ3v) is 6.31. The van der Waals surface area contributed by atoms with Crippen molar-refractivity contribution in [3.05, 3.63) is 0 Å². The molecule has 0 aromatic carbocycles. The Labute approximate surface area is 185 Å². The van der Waals surface area contributed by atoms with Crippen molar-refractivity contribution in [2.75, 3.05) is 32.8 Å². The van der Waals surface area contributed by atoms with E-state index in [1.165, 1.54) is 12.8 Å². The fraction of sp³-hybridized carbons (Fsp3) is 0.857. The first-order valence-corrected chi connectivity index (χ1v) is 11.7. The minimum atomic E-state index is -0.235. The summed E-state index contributed by atoms with van der Waals surface area (Å²) < 4.78 is 5.45. The third kappa shape index (κ3) is 9.40. The number of hydrazine groups is 1. The maximum atomic E-state index is 12.5. The molecule has 1 amide bonds. The quantitative estimate of drug-likeness (QED) is 0.0582. The number of carbonyl (C=O) groups is 2. The topological polar surface area (TPSA) is 156 Å². The zero-order valence-corrected chi connectivity index (χ0v) is 18.8. The van der Waals surface area contributed by atoms with Crippen LogP contribution in [0.15, 0.2) is 5.10 Å². The van der Waals surface area contributed by atoms with Crippen LogP contribution in [-0.2, 0) is 14.3 Å². The predicted molar refractivity (Wildman–Crippen MR) is 121 cm³/mol. The van der Waals surface area contributed by atoms with Gasteiger partial charge in [0.05, 0.1) is 13.2 Å². The molecule has 178 valence electrons. The highest BCUT2D eigenvalue weighted by atomic mass is 16.5. The monoisotopic (exact) mass is 439 g/mol. The van der Waals surface area contributed by atoms with Crippen molar-refractivity contribution in [2.24, 2.45) is 34.4 Å². The molecule has 0 spiro atoms. The average molecular weight is 440 g/mol. The molecule has 0 aromatic rings. The number of fused-ring (bicyclic) bond motifs is 1. The number of carbonyl (C=O) groups excluding carboxylic acids is 2. The number of hydrogen-bond acceptors (Lipinski definition) is 8. The largest absolute Gasteiger partial charge is 0.464 e. The van der Waals surface area contributed by atoms with Gasteiger partial charge in [-0.3, -0.25) is 9.59 Å². The number of amides is 1. The lowest BCUT2D eigenvalue weighted by Crippen LogP contribution is -2.50. The molecule has 2 fully saturated rings. The van der Waals surface area contributed by atoms with Gasteiger partial charge in [-0.2, -0.15) is 5.10 Å². The molecule has 10 heteroatoms. The second-order valence-electron chi connectivity index (χ2n) is 8.71. The summed E-state index contributed by atoms with van der Waals surface area (Å²) in [5.41, 5.74) is 8.06. The molecule has 1 aliphatic heterocycles. The van der Waals surface area contributed by atoms with Gasteiger partial charge in [0.25, 0.3) is 0 Å². The predicted octanol–water partition coefficient (Wildman–Crippen LogP) is -0.0544. The summed E-state index contributed by atoms with van der Waals surface area (Å²) in [6.45, 7) is 4.92. The van der Waals surface area contributed by atoms with Crippen LogP contribution >= 0.6 is 0 Å². The first-order valence-electron chi connectivity index (χ1n) is 11.7. The molecule has 0 radical (unpaired) electrons. The fourth-order valence-electron chi connectivity index (χ4n) is 4.61. The molecule has 1 heterocycles. The van der Waals surface area contributed by atoms with Gasteiger partial charge in [-0.1, -0.05) is 13.3 Å². The Kier molecular flexibility index (Phi) is 11.6. The van der Waals surface area contributed by atoms with E-state index in [2.05, 4.69) is 33.5 Å². The van der Waals surface area contributed by atoms with Crippen molar-refractivity contribution in [3.63, 3.8) is 0 Å². The summed E-state index contributed by atoms with van der Waals surface area (Å²) in [5, 5.41) is 13.1. The maximum absolute atomic E-state index is 12.5. The van der Waals surface area contributed by atoms with Crippen LogP contribution in [0.3, 0.4) is 0 Å². The number of rotatable bonds is 13. The van der Waals surface area contributed by atoms with Crippen LogP contribution in [0.2, 0.25) is 0 Å². The van der Waals surface area contributed by atoms with E-state index >= 15 is 0 Å². The summed E-state index contributed by atoms with van der Waals surface area (Å²) in [6.07, 6.45) is 7.68. The molecule has 2 rings (SSSR count). The normalized spacial score (nSPS) is 26.1. The summed E-state index contributed by atoms with van der Waals surface area (Å²) in [4.78, 5) is 24.1. The first-order chi connectivity index (χ1) is 15.0. The highest BCUT2D eigenvalue weighted by Gasteiger charge is 2.38. The van der Waals surface area contributed by atoms with Crippen molar-refractivity contribution in [2.45, 2.75) is 64.3 Å². The molecule has 1 saturated heterocycles. The summed E-state index contributed by atoms with van der Waals surface area (Å²) >= 11 is 0. The van der Waals surface area contributed by atoms with E-state index in [1.807, 2.05) is 0 Å². The van der Waals surface area contributed by atoms with Crippen LogP contribution in [0.1, 0.15) is 58.3 Å². The minimum Gasteiger partial charge on any atom is -0.464 e. The second-order valence-corrected chi connectivity index (χ2v) is 8.71. The van der Waals surface area contributed by atoms with Gasteiger partial charge in [-0.25, -0.2) is 11.4 Å². The Morgan fingerprint density at radius 3 is 2.81 bits per heavy atom. The summed E-state index contributed by atoms with van der Waals surface area (Å²) in [7, 11) is 0. The van der Waals surface area contributed by atoms with Crippen molar-refractivity contribution < 1.29 is 14.3 Å². The molecule has 31 heavy (non-hydrogen) atoms. The van der Waals surface area contributed by atoms with Crippen LogP contribution in [-0.4, -0.2) is 56.5 Å². The molecule has 2 aliphatic rings. The fourth-order valence-corrected chi connectivity index (χ4v) is 4.61. The molecule has 0 bridgehead atoms. The van der Waals surface area contributed by atoms with E-state index in [4.69, 9.17) is 16.3 Å². The van der Waals surface area contributed by atoms with Crippen molar-refractivity contribution >= 4 is 17.7 Å². The molecule has 4 atom stereocenters. The molecular weight excluding hydrogens is 398 g/mol. The van der Waals surface area contributed by atoms with Crippen LogP contribution in [0, 0.1) is 17.8 Å². The number of nitrogens with one attached hydrogen (secondary N) is 4. The number of esters is 1. The SMILES string of the molecule is CCCNCC(=O)NCCCOC(=O)C1CC2CC(CC/C(N)=N/NN)CCC2CN1. The Morgan fingerprint density at radius 1 is 1.19 bits per heavy atom. The van der Waals surface area contributed by atoms with E-state index in [0.29, 0.717) is 49.7 Å². The highest BCUT2D eigenvalue weighted by Crippen LogP contribution is 2.40. The van der Waals surface area contributed by atoms with E-state index in [1.54, 1.807) is 0 Å². The van der Waals surface area contributed by atoms with Crippen molar-refractivity contribution in [1.82, 2.24) is 21.5 Å². The van der Waals surface area contributed by atoms with E-state index in [9.17, 15) is 9.59 Å². The van der Waals surface area contributed by atoms with Gasteiger partial charge in [-0.05, 0) is 69.4 Å². The molecular formula is C21H41N7O3. The zero-order valence-electron chi connectivity index (χ0n) is 18.8. The number of ether oxygens (including phenoxy) is 1. The Hall–Kier alpha value is -1.91.